The molecule has 1 aliphatic heterocycles. The van der Waals surface area contributed by atoms with Gasteiger partial charge in [0, 0.05) is 23.0 Å². The summed E-state index contributed by atoms with van der Waals surface area (Å²) in [6.45, 7) is 1.60. The van der Waals surface area contributed by atoms with E-state index in [0.29, 0.717) is 6.42 Å². The maximum Gasteiger partial charge on any atom is 0.133 e. The molecule has 0 aromatic heterocycles. The van der Waals surface area contributed by atoms with E-state index in [4.69, 9.17) is 0 Å². The molecule has 1 aliphatic rings. The highest BCUT2D eigenvalue weighted by Gasteiger charge is 2.34. The molecule has 3 nitrogen and oxygen atoms in total. The number of allylic oxidation sites excluding steroid dienone is 2. The lowest BCUT2D eigenvalue weighted by molar-refractivity contribution is -0.117. The highest BCUT2D eigenvalue weighted by Crippen LogP contribution is 2.48. The van der Waals surface area contributed by atoms with Crippen molar-refractivity contribution in [1.29, 1.82) is 10.5 Å². The average molecular weight is 358 g/mol. The van der Waals surface area contributed by atoms with Crippen LogP contribution >= 0.6 is 11.8 Å². The quantitative estimate of drug-likeness (QED) is 0.724. The Bertz CT molecular complexity index is 919. The van der Waals surface area contributed by atoms with Crippen molar-refractivity contribution in [3.05, 3.63) is 71.3 Å². The molecule has 0 saturated heterocycles. The van der Waals surface area contributed by atoms with Crippen molar-refractivity contribution in [2.75, 3.05) is 5.75 Å². The van der Waals surface area contributed by atoms with E-state index in [-0.39, 0.29) is 23.2 Å². The molecule has 2 aromatic carbocycles. The van der Waals surface area contributed by atoms with E-state index in [1.54, 1.807) is 18.7 Å². The first-order chi connectivity index (χ1) is 12.7. The van der Waals surface area contributed by atoms with Gasteiger partial charge in [0.1, 0.15) is 23.5 Å². The van der Waals surface area contributed by atoms with E-state index < -0.39 is 0 Å². The monoisotopic (exact) mass is 358 g/mol. The Hall–Kier alpha value is -2.82. The van der Waals surface area contributed by atoms with Crippen molar-refractivity contribution in [1.82, 2.24) is 0 Å². The van der Waals surface area contributed by atoms with Crippen LogP contribution in [-0.4, -0.2) is 11.5 Å². The second kappa shape index (κ2) is 8.04. The molecule has 0 N–H and O–H groups in total. The maximum absolute atomic E-state index is 12.0. The molecular formula is C22H18N2OS. The summed E-state index contributed by atoms with van der Waals surface area (Å²) < 4.78 is 0. The molecule has 2 aromatic rings. The predicted octanol–water partition coefficient (Wildman–Crippen LogP) is 4.97. The number of hydrogen-bond acceptors (Lipinski definition) is 4. The van der Waals surface area contributed by atoms with Crippen molar-refractivity contribution in [3.63, 3.8) is 0 Å². The number of thioether (sulfide) groups is 1. The van der Waals surface area contributed by atoms with Crippen LogP contribution in [0.1, 0.15) is 30.4 Å². The summed E-state index contributed by atoms with van der Waals surface area (Å²) in [5.41, 5.74) is 2.93. The van der Waals surface area contributed by atoms with Gasteiger partial charge in [-0.3, -0.25) is 0 Å². The van der Waals surface area contributed by atoms with Gasteiger partial charge in [-0.1, -0.05) is 48.5 Å². The van der Waals surface area contributed by atoms with Crippen LogP contribution in [-0.2, 0) is 4.79 Å². The number of carbonyl (C=O) groups is 1. The topological polar surface area (TPSA) is 64.7 Å². The molecule has 0 unspecified atom stereocenters. The summed E-state index contributed by atoms with van der Waals surface area (Å²) in [5.74, 6) is 0.737. The van der Waals surface area contributed by atoms with Crippen LogP contribution in [0, 0.1) is 28.6 Å². The number of carbonyl (C=O) groups excluding carboxylic acids is 1. The molecule has 3 rings (SSSR count). The largest absolute Gasteiger partial charge is 0.300 e. The van der Waals surface area contributed by atoms with Crippen molar-refractivity contribution in [2.24, 2.45) is 5.92 Å². The van der Waals surface area contributed by atoms with Gasteiger partial charge in [0.15, 0.2) is 0 Å². The van der Waals surface area contributed by atoms with Gasteiger partial charge in [0.05, 0.1) is 0 Å². The van der Waals surface area contributed by atoms with Gasteiger partial charge in [-0.2, -0.15) is 10.5 Å². The van der Waals surface area contributed by atoms with Gasteiger partial charge in [-0.05, 0) is 35.6 Å². The lowest BCUT2D eigenvalue weighted by Crippen LogP contribution is -2.23. The third-order valence-electron chi connectivity index (χ3n) is 4.68. The minimum absolute atomic E-state index is 0.0544. The van der Waals surface area contributed by atoms with Gasteiger partial charge >= 0.3 is 0 Å². The predicted molar refractivity (Wildman–Crippen MR) is 103 cm³/mol. The van der Waals surface area contributed by atoms with E-state index >= 15 is 0 Å². The Balaban J connectivity index is 2.18. The standard InChI is InChI=1S/C22H18N2OS/c1-15(25)11-19(16-7-3-2-4-8-16)20-14-26-21-10-6-5-9-18(21)22(20)17(12-23)13-24/h2-10,19-20H,11,14H2,1H3/t19-,20-/m0/s1. The minimum Gasteiger partial charge on any atom is -0.300 e. The summed E-state index contributed by atoms with van der Waals surface area (Å²) >= 11 is 1.72. The number of Topliss-reactive ketones (excluding diaryl/α,β-unsaturated/α-hetero) is 1. The number of ketones is 1. The van der Waals surface area contributed by atoms with Crippen molar-refractivity contribution < 1.29 is 4.79 Å². The highest BCUT2D eigenvalue weighted by atomic mass is 32.2. The normalized spacial score (nSPS) is 16.7. The van der Waals surface area contributed by atoms with Crippen LogP contribution in [0.25, 0.3) is 5.57 Å². The molecule has 0 radical (unpaired) electrons. The molecule has 128 valence electrons. The molecule has 0 bridgehead atoms. The number of benzene rings is 2. The van der Waals surface area contributed by atoms with Gasteiger partial charge < -0.3 is 4.79 Å². The van der Waals surface area contributed by atoms with Gasteiger partial charge in [0.2, 0.25) is 0 Å². The molecule has 0 fully saturated rings. The Kier molecular flexibility index (Phi) is 5.56. The molecule has 1 heterocycles. The van der Waals surface area contributed by atoms with Crippen molar-refractivity contribution in [2.45, 2.75) is 24.2 Å². The van der Waals surface area contributed by atoms with Crippen LogP contribution in [0.15, 0.2) is 65.1 Å². The minimum atomic E-state index is -0.0597. The third-order valence-corrected chi connectivity index (χ3v) is 5.87. The Labute approximate surface area is 158 Å². The van der Waals surface area contributed by atoms with Gasteiger partial charge in [-0.25, -0.2) is 0 Å². The first kappa shape index (κ1) is 18.0. The number of nitriles is 2. The Morgan fingerprint density at radius 2 is 1.77 bits per heavy atom. The maximum atomic E-state index is 12.0. The van der Waals surface area contributed by atoms with E-state index in [1.165, 1.54) is 0 Å². The van der Waals surface area contributed by atoms with Crippen LogP contribution in [0.5, 0.6) is 0 Å². The number of nitrogens with zero attached hydrogens (tertiary/aromatic N) is 2. The second-order valence-electron chi connectivity index (χ2n) is 6.35. The van der Waals surface area contributed by atoms with Crippen LogP contribution in [0.4, 0.5) is 0 Å². The third kappa shape index (κ3) is 3.57. The summed E-state index contributed by atoms with van der Waals surface area (Å²) in [6.07, 6.45) is 0.394. The first-order valence-electron chi connectivity index (χ1n) is 8.46. The smallest absolute Gasteiger partial charge is 0.133 e. The molecule has 0 aliphatic carbocycles. The van der Waals surface area contributed by atoms with E-state index in [9.17, 15) is 15.3 Å². The molecule has 26 heavy (non-hydrogen) atoms. The number of hydrogen-bond donors (Lipinski definition) is 0. The molecule has 2 atom stereocenters. The van der Waals surface area contributed by atoms with E-state index in [2.05, 4.69) is 12.1 Å². The second-order valence-corrected chi connectivity index (χ2v) is 7.41. The number of rotatable bonds is 4. The van der Waals surface area contributed by atoms with Crippen molar-refractivity contribution in [3.8, 4) is 12.1 Å². The highest BCUT2D eigenvalue weighted by molar-refractivity contribution is 7.99. The lowest BCUT2D eigenvalue weighted by atomic mass is 9.75. The zero-order valence-electron chi connectivity index (χ0n) is 14.5. The van der Waals surface area contributed by atoms with Crippen LogP contribution in [0.3, 0.4) is 0 Å². The molecule has 0 amide bonds. The Morgan fingerprint density at radius 3 is 2.42 bits per heavy atom. The average Bonchev–Trinajstić information content (AvgIpc) is 2.68. The molecule has 0 spiro atoms. The summed E-state index contributed by atoms with van der Waals surface area (Å²) in [4.78, 5) is 13.1. The summed E-state index contributed by atoms with van der Waals surface area (Å²) in [7, 11) is 0. The number of fused-ring (bicyclic) bond motifs is 1. The lowest BCUT2D eigenvalue weighted by Gasteiger charge is -2.33. The zero-order chi connectivity index (χ0) is 18.5. The fraction of sp³-hybridized carbons (Fsp3) is 0.227. The molecule has 0 saturated carbocycles. The summed E-state index contributed by atoms with van der Waals surface area (Å²) in [5, 5.41) is 19.1. The molecule has 4 heteroatoms. The first-order valence-corrected chi connectivity index (χ1v) is 9.45. The fourth-order valence-electron chi connectivity index (χ4n) is 3.56. The van der Waals surface area contributed by atoms with Gasteiger partial charge in [0.25, 0.3) is 0 Å². The Morgan fingerprint density at radius 1 is 1.12 bits per heavy atom. The SMILES string of the molecule is CC(=O)C[C@@H](c1ccccc1)[C@@H]1CSc2ccccc2C1=C(C#N)C#N. The van der Waals surface area contributed by atoms with Crippen LogP contribution in [0.2, 0.25) is 0 Å². The zero-order valence-corrected chi connectivity index (χ0v) is 15.3. The summed E-state index contributed by atoms with van der Waals surface area (Å²) in [6, 6.07) is 22.0. The van der Waals surface area contributed by atoms with Crippen molar-refractivity contribution >= 4 is 23.1 Å². The van der Waals surface area contributed by atoms with E-state index in [1.807, 2.05) is 54.6 Å². The molecular weight excluding hydrogens is 340 g/mol. The fourth-order valence-corrected chi connectivity index (χ4v) is 4.83. The van der Waals surface area contributed by atoms with Crippen LogP contribution < -0.4 is 0 Å². The van der Waals surface area contributed by atoms with E-state index in [0.717, 1.165) is 27.3 Å². The van der Waals surface area contributed by atoms with Gasteiger partial charge in [-0.15, -0.1) is 11.8 Å².